The number of alkyl halides is 2. The van der Waals surface area contributed by atoms with Gasteiger partial charge in [-0.05, 0) is 221 Å². The Morgan fingerprint density at radius 3 is 1.14 bits per heavy atom. The summed E-state index contributed by atoms with van der Waals surface area (Å²) in [5.74, 6) is 2.17. The van der Waals surface area contributed by atoms with Crippen molar-refractivity contribution in [2.45, 2.75) is 183 Å². The van der Waals surface area contributed by atoms with Crippen molar-refractivity contribution in [3.8, 4) is 51.2 Å². The summed E-state index contributed by atoms with van der Waals surface area (Å²) >= 11 is 0. The number of rotatable bonds is 15. The Hall–Kier alpha value is -7.94. The molecule has 462 valence electrons. The number of aliphatic hydroxyl groups is 3. The minimum atomic E-state index is -1.07. The molecule has 0 bridgehead atoms. The third-order valence-corrected chi connectivity index (χ3v) is 17.6. The van der Waals surface area contributed by atoms with Gasteiger partial charge in [0, 0.05) is 18.6 Å². The first-order chi connectivity index (χ1) is 42.2. The second-order valence-corrected chi connectivity index (χ2v) is 25.5. The SMILES string of the molecule is Cc1cn(-c2ccc(-c3cc(C)c(CC4CCC(C)(F)C4)nn3)nc2CO)cn1.Cc1cn(-c2ccc(-c3cc(C)c(CC4CCCC(C)(F)C4)nn3)nc2CO)cn1.Cc1cn(-c2ccc(-c3cc(C)c(CC4CCCC(C)C4)nn3)nc2CO)cn1. The molecule has 0 saturated heterocycles. The van der Waals surface area contributed by atoms with Crippen LogP contribution in [0.5, 0.6) is 0 Å². The van der Waals surface area contributed by atoms with Crippen molar-refractivity contribution in [2.75, 3.05) is 0 Å². The lowest BCUT2D eigenvalue weighted by Gasteiger charge is -2.31. The van der Waals surface area contributed by atoms with Gasteiger partial charge in [-0.25, -0.2) is 38.7 Å². The zero-order chi connectivity index (χ0) is 62.3. The average molecular weight is 1200 g/mol. The summed E-state index contributed by atoms with van der Waals surface area (Å²) in [5, 5.41) is 56.1. The Morgan fingerprint density at radius 2 is 0.807 bits per heavy atom. The second kappa shape index (κ2) is 27.6. The van der Waals surface area contributed by atoms with E-state index in [0.717, 1.165) is 130 Å². The highest BCUT2D eigenvalue weighted by Gasteiger charge is 2.36. The van der Waals surface area contributed by atoms with Crippen molar-refractivity contribution in [2.24, 2.45) is 23.7 Å². The van der Waals surface area contributed by atoms with Crippen molar-refractivity contribution >= 4 is 0 Å². The molecule has 9 aromatic rings. The van der Waals surface area contributed by atoms with Gasteiger partial charge in [0.25, 0.3) is 0 Å². The Bertz CT molecular complexity index is 3710. The number of nitrogens with zero attached hydrogens (tertiary/aromatic N) is 15. The number of aromatic nitrogens is 15. The van der Waals surface area contributed by atoms with E-state index in [0.29, 0.717) is 77.4 Å². The zero-order valence-corrected chi connectivity index (χ0v) is 52.3. The molecule has 3 fully saturated rings. The van der Waals surface area contributed by atoms with Crippen LogP contribution in [0.1, 0.15) is 159 Å². The number of halogens is 2. The van der Waals surface area contributed by atoms with Gasteiger partial charge in [-0.3, -0.25) is 0 Å². The maximum Gasteiger partial charge on any atom is 0.112 e. The molecule has 3 aliphatic rings. The number of hydrogen-bond donors (Lipinski definition) is 3. The quantitative estimate of drug-likeness (QED) is 0.0867. The van der Waals surface area contributed by atoms with Crippen LogP contribution in [0.3, 0.4) is 0 Å². The first-order valence-electron chi connectivity index (χ1n) is 31.0. The molecule has 6 atom stereocenters. The monoisotopic (exact) mass is 1200 g/mol. The van der Waals surface area contributed by atoms with Crippen LogP contribution in [0.15, 0.2) is 92.2 Å². The maximum absolute atomic E-state index is 14.4. The van der Waals surface area contributed by atoms with Gasteiger partial charge in [0.1, 0.15) is 28.4 Å². The molecule has 0 radical (unpaired) electrons. The molecule has 3 N–H and O–H groups in total. The van der Waals surface area contributed by atoms with Crippen LogP contribution in [0, 0.1) is 65.2 Å². The number of aliphatic hydroxyl groups excluding tert-OH is 3. The summed E-state index contributed by atoms with van der Waals surface area (Å²) in [6.07, 6.45) is 24.0. The standard InChI is InChI=1S/C23H28FN5O.C23H29N5O.C22H26FN5O/c1-15-9-20(28-27-19(15)10-17-5-4-8-23(3,24)11-17)18-6-7-22(21(13-30)26-18)29-12-16(2)25-14-29;1-15-5-4-6-18(9-15)11-20-16(2)10-21(27-26-20)19-7-8-23(22(13-29)25-19)28-12-17(3)24-14-28;1-14-8-19(27-26-18(14)9-16-6-7-22(3,23)10-16)17-4-5-21(20(12-29)25-17)28-11-15(2)24-13-28/h6-7,9,12,14,17,30H,4-5,8,10-11,13H2,1-3H3;7-8,10,12,14-15,18,29H,4-6,9,11,13H2,1-3H3;4-5,8,11,13,16,29H,6-7,9-10,12H2,1-3H3. The van der Waals surface area contributed by atoms with Crippen LogP contribution < -0.4 is 0 Å². The van der Waals surface area contributed by atoms with Gasteiger partial charge >= 0.3 is 0 Å². The number of imidazole rings is 3. The molecule has 12 rings (SSSR count). The van der Waals surface area contributed by atoms with Gasteiger partial charge in [-0.1, -0.05) is 26.2 Å². The topological polar surface area (TPSA) is 230 Å². The lowest BCUT2D eigenvalue weighted by atomic mass is 9.78. The van der Waals surface area contributed by atoms with Crippen molar-refractivity contribution in [3.63, 3.8) is 0 Å². The van der Waals surface area contributed by atoms with E-state index in [2.05, 4.69) is 80.4 Å². The molecule has 3 saturated carbocycles. The third-order valence-electron chi connectivity index (χ3n) is 17.6. The molecule has 18 nitrogen and oxygen atoms in total. The molecular formula is C68H83F2N15O3. The molecule has 9 aromatic heterocycles. The molecule has 0 aliphatic heterocycles. The predicted molar refractivity (Wildman–Crippen MR) is 334 cm³/mol. The first-order valence-corrected chi connectivity index (χ1v) is 31.0. The van der Waals surface area contributed by atoms with Gasteiger partial charge in [0.2, 0.25) is 0 Å². The smallest absolute Gasteiger partial charge is 0.112 e. The van der Waals surface area contributed by atoms with Crippen LogP contribution in [-0.2, 0) is 39.1 Å². The summed E-state index contributed by atoms with van der Waals surface area (Å²) < 4.78 is 34.0. The highest BCUT2D eigenvalue weighted by atomic mass is 19.1. The van der Waals surface area contributed by atoms with Crippen molar-refractivity contribution in [3.05, 3.63) is 160 Å². The minimum absolute atomic E-state index is 0.148. The van der Waals surface area contributed by atoms with E-state index in [9.17, 15) is 24.1 Å². The van der Waals surface area contributed by atoms with E-state index < -0.39 is 11.3 Å². The fourth-order valence-electron chi connectivity index (χ4n) is 12.9. The van der Waals surface area contributed by atoms with E-state index >= 15 is 0 Å². The van der Waals surface area contributed by atoms with Gasteiger partial charge in [-0.2, -0.15) is 15.3 Å². The number of aryl methyl sites for hydroxylation is 6. The molecule has 9 heterocycles. The minimum Gasteiger partial charge on any atom is -0.390 e. The summed E-state index contributed by atoms with van der Waals surface area (Å²) in [4.78, 5) is 26.6. The Balaban J connectivity index is 0.000000146. The van der Waals surface area contributed by atoms with E-state index in [4.69, 9.17) is 0 Å². The zero-order valence-electron chi connectivity index (χ0n) is 52.3. The summed E-state index contributed by atoms with van der Waals surface area (Å²) in [7, 11) is 0. The number of hydrogen-bond acceptors (Lipinski definition) is 15. The lowest BCUT2D eigenvalue weighted by molar-refractivity contribution is 0.0938. The molecule has 0 aromatic carbocycles. The van der Waals surface area contributed by atoms with Crippen LogP contribution in [0.4, 0.5) is 8.78 Å². The van der Waals surface area contributed by atoms with Gasteiger partial charge in [0.05, 0.1) is 124 Å². The Kier molecular flexibility index (Phi) is 19.8. The van der Waals surface area contributed by atoms with E-state index in [-0.39, 0.29) is 19.8 Å². The Morgan fingerprint density at radius 1 is 0.443 bits per heavy atom. The molecular weight excluding hydrogens is 1110 g/mol. The van der Waals surface area contributed by atoms with Crippen molar-refractivity contribution in [1.82, 2.24) is 74.2 Å². The highest BCUT2D eigenvalue weighted by Crippen LogP contribution is 2.40. The molecule has 20 heteroatoms. The Labute approximate surface area is 514 Å². The fourth-order valence-corrected chi connectivity index (χ4v) is 12.9. The number of pyridine rings is 3. The van der Waals surface area contributed by atoms with E-state index in [1.54, 1.807) is 32.8 Å². The van der Waals surface area contributed by atoms with Crippen LogP contribution in [-0.4, -0.2) is 101 Å². The fraction of sp³-hybridized carbons (Fsp3) is 0.471. The lowest BCUT2D eigenvalue weighted by Crippen LogP contribution is -2.28. The summed E-state index contributed by atoms with van der Waals surface area (Å²) in [5.41, 5.74) is 15.0. The molecule has 6 unspecified atom stereocenters. The normalized spacial score (nSPS) is 20.9. The van der Waals surface area contributed by atoms with Crippen LogP contribution in [0.2, 0.25) is 0 Å². The molecule has 0 amide bonds. The van der Waals surface area contributed by atoms with Gasteiger partial charge in [0.15, 0.2) is 0 Å². The third kappa shape index (κ3) is 15.7. The van der Waals surface area contributed by atoms with Crippen LogP contribution in [0.25, 0.3) is 51.2 Å². The molecule has 88 heavy (non-hydrogen) atoms. The summed E-state index contributed by atoms with van der Waals surface area (Å²) in [6, 6.07) is 17.4. The highest BCUT2D eigenvalue weighted by molar-refractivity contribution is 5.60. The van der Waals surface area contributed by atoms with E-state index in [1.165, 1.54) is 25.7 Å². The largest absolute Gasteiger partial charge is 0.390 e. The predicted octanol–water partition coefficient (Wildman–Crippen LogP) is 12.4. The molecule has 0 spiro atoms. The average Bonchev–Trinajstić information content (AvgIpc) is 3.52. The van der Waals surface area contributed by atoms with Gasteiger partial charge in [-0.15, -0.1) is 15.3 Å². The summed E-state index contributed by atoms with van der Waals surface area (Å²) in [6.45, 7) is 17.1. The van der Waals surface area contributed by atoms with Crippen molar-refractivity contribution in [1.29, 1.82) is 0 Å². The van der Waals surface area contributed by atoms with Crippen LogP contribution >= 0.6 is 0 Å². The van der Waals surface area contributed by atoms with Gasteiger partial charge < -0.3 is 29.0 Å². The molecule has 3 aliphatic carbocycles. The first kappa shape index (κ1) is 63.1. The maximum atomic E-state index is 14.4. The second-order valence-electron chi connectivity index (χ2n) is 25.5. The van der Waals surface area contributed by atoms with Crippen molar-refractivity contribution < 1.29 is 24.1 Å². The van der Waals surface area contributed by atoms with E-state index in [1.807, 2.05) is 115 Å².